The first-order valence-corrected chi connectivity index (χ1v) is 12.5. The first kappa shape index (κ1) is 24.8. The minimum Gasteiger partial charge on any atom is -0.489 e. The largest absolute Gasteiger partial charge is 0.489 e. The maximum absolute atomic E-state index is 11.7. The van der Waals surface area contributed by atoms with Gasteiger partial charge in [0.1, 0.15) is 36.9 Å². The number of esters is 2. The Morgan fingerprint density at radius 1 is 0.857 bits per heavy atom. The van der Waals surface area contributed by atoms with Gasteiger partial charge in [0.2, 0.25) is 0 Å². The first-order chi connectivity index (χ1) is 17.0. The van der Waals surface area contributed by atoms with Gasteiger partial charge in [0.15, 0.2) is 0 Å². The van der Waals surface area contributed by atoms with E-state index in [1.807, 2.05) is 26.0 Å². The van der Waals surface area contributed by atoms with Crippen LogP contribution < -0.4 is 9.47 Å². The molecule has 1 saturated carbocycles. The van der Waals surface area contributed by atoms with Crippen LogP contribution in [0.4, 0.5) is 0 Å². The van der Waals surface area contributed by atoms with Crippen LogP contribution in [0.2, 0.25) is 0 Å². The summed E-state index contributed by atoms with van der Waals surface area (Å²) in [7, 11) is 0. The Labute approximate surface area is 206 Å². The van der Waals surface area contributed by atoms with Crippen molar-refractivity contribution < 1.29 is 28.5 Å². The zero-order valence-corrected chi connectivity index (χ0v) is 20.6. The SMILES string of the molecule is C=CC(=O)OC(CC)COc1c2c(c(OCC(CC)OC(=O)C=C)c3ccccc13)C1CCC2C1. The normalized spacial score (nSPS) is 19.5. The Kier molecular flexibility index (Phi) is 7.79. The molecule has 0 aromatic heterocycles. The molecule has 2 bridgehead atoms. The molecular weight excluding hydrogens is 444 g/mol. The van der Waals surface area contributed by atoms with Gasteiger partial charge in [0, 0.05) is 34.1 Å². The van der Waals surface area contributed by atoms with Crippen LogP contribution in [0.5, 0.6) is 11.5 Å². The molecule has 0 amide bonds. The summed E-state index contributed by atoms with van der Waals surface area (Å²) < 4.78 is 23.8. The van der Waals surface area contributed by atoms with E-state index in [1.165, 1.54) is 23.3 Å². The third-order valence-corrected chi connectivity index (χ3v) is 7.08. The average molecular weight is 479 g/mol. The molecule has 0 heterocycles. The summed E-state index contributed by atoms with van der Waals surface area (Å²) in [4.78, 5) is 23.5. The van der Waals surface area contributed by atoms with Gasteiger partial charge in [-0.3, -0.25) is 0 Å². The summed E-state index contributed by atoms with van der Waals surface area (Å²) in [5.74, 6) is 1.70. The lowest BCUT2D eigenvalue weighted by atomic mass is 9.87. The van der Waals surface area contributed by atoms with Crippen LogP contribution in [0, 0.1) is 0 Å². The molecule has 0 aliphatic heterocycles. The Morgan fingerprint density at radius 3 is 1.66 bits per heavy atom. The number of fused-ring (bicyclic) bond motifs is 6. The first-order valence-electron chi connectivity index (χ1n) is 12.5. The second kappa shape index (κ2) is 11.0. The molecule has 2 aromatic carbocycles. The van der Waals surface area contributed by atoms with Crippen molar-refractivity contribution in [2.75, 3.05) is 13.2 Å². The third-order valence-electron chi connectivity index (χ3n) is 7.08. The van der Waals surface area contributed by atoms with E-state index in [1.54, 1.807) is 0 Å². The van der Waals surface area contributed by atoms with Crippen molar-refractivity contribution in [2.24, 2.45) is 0 Å². The Bertz CT molecular complexity index is 1030. The van der Waals surface area contributed by atoms with Crippen molar-refractivity contribution in [2.45, 2.75) is 70.0 Å². The molecule has 2 aliphatic rings. The number of carbonyl (C=O) groups excluding carboxylic acids is 2. The lowest BCUT2D eigenvalue weighted by molar-refractivity contribution is -0.145. The van der Waals surface area contributed by atoms with E-state index < -0.39 is 11.9 Å². The molecule has 6 nitrogen and oxygen atoms in total. The fourth-order valence-corrected chi connectivity index (χ4v) is 5.29. The molecule has 1 fully saturated rings. The van der Waals surface area contributed by atoms with Crippen molar-refractivity contribution in [3.05, 3.63) is 60.7 Å². The second-order valence-electron chi connectivity index (χ2n) is 9.20. The molecule has 0 saturated heterocycles. The molecule has 2 aromatic rings. The Balaban J connectivity index is 1.69. The van der Waals surface area contributed by atoms with E-state index in [4.69, 9.17) is 18.9 Å². The number of hydrogen-bond acceptors (Lipinski definition) is 6. The van der Waals surface area contributed by atoms with Gasteiger partial charge in [0.25, 0.3) is 0 Å². The van der Waals surface area contributed by atoms with Gasteiger partial charge in [-0.25, -0.2) is 9.59 Å². The van der Waals surface area contributed by atoms with Gasteiger partial charge in [0.05, 0.1) is 0 Å². The number of benzene rings is 2. The number of rotatable bonds is 12. The van der Waals surface area contributed by atoms with Gasteiger partial charge in [-0.2, -0.15) is 0 Å². The highest BCUT2D eigenvalue weighted by Gasteiger charge is 2.43. The molecule has 4 unspecified atom stereocenters. The Morgan fingerprint density at radius 2 is 1.29 bits per heavy atom. The van der Waals surface area contributed by atoms with Gasteiger partial charge in [-0.15, -0.1) is 0 Å². The summed E-state index contributed by atoms with van der Waals surface area (Å²) in [6.45, 7) is 11.5. The standard InChI is InChI=1S/C29H34O6/c1-5-20(34-24(30)7-3)16-32-28-22-11-9-10-12-23(22)29(27-19-14-13-18(15-19)26(27)28)33-17-21(6-2)35-25(31)8-4/h7-12,18-21H,3-6,13-17H2,1-2H3. The molecule has 2 aliphatic carbocycles. The summed E-state index contributed by atoms with van der Waals surface area (Å²) in [5.41, 5.74) is 2.44. The fraction of sp³-hybridized carbons (Fsp3) is 0.448. The van der Waals surface area contributed by atoms with E-state index in [-0.39, 0.29) is 25.4 Å². The van der Waals surface area contributed by atoms with E-state index in [2.05, 4.69) is 25.3 Å². The zero-order valence-electron chi connectivity index (χ0n) is 20.6. The van der Waals surface area contributed by atoms with Gasteiger partial charge >= 0.3 is 11.9 Å². The number of ether oxygens (including phenoxy) is 4. The van der Waals surface area contributed by atoms with Crippen LogP contribution in [-0.4, -0.2) is 37.4 Å². The van der Waals surface area contributed by atoms with E-state index in [0.29, 0.717) is 24.7 Å². The van der Waals surface area contributed by atoms with Gasteiger partial charge in [-0.1, -0.05) is 51.3 Å². The van der Waals surface area contributed by atoms with Gasteiger partial charge < -0.3 is 18.9 Å². The topological polar surface area (TPSA) is 71.1 Å². The lowest BCUT2D eigenvalue weighted by Gasteiger charge is -2.27. The average Bonchev–Trinajstić information content (AvgIpc) is 3.51. The molecule has 0 N–H and O–H groups in total. The molecule has 4 rings (SSSR count). The smallest absolute Gasteiger partial charge is 0.330 e. The zero-order chi connectivity index (χ0) is 24.9. The number of carbonyl (C=O) groups is 2. The predicted octanol–water partition coefficient (Wildman–Crippen LogP) is 5.98. The van der Waals surface area contributed by atoms with Crippen LogP contribution >= 0.6 is 0 Å². The predicted molar refractivity (Wildman–Crippen MR) is 135 cm³/mol. The monoisotopic (exact) mass is 478 g/mol. The highest BCUT2D eigenvalue weighted by molar-refractivity contribution is 5.97. The molecule has 35 heavy (non-hydrogen) atoms. The molecule has 4 atom stereocenters. The molecule has 6 heteroatoms. The summed E-state index contributed by atoms with van der Waals surface area (Å²) in [6.07, 6.45) is 6.29. The Hall–Kier alpha value is -3.28. The number of hydrogen-bond donors (Lipinski definition) is 0. The molecule has 186 valence electrons. The van der Waals surface area contributed by atoms with Crippen LogP contribution in [0.15, 0.2) is 49.6 Å². The van der Waals surface area contributed by atoms with Crippen LogP contribution in [0.25, 0.3) is 10.8 Å². The van der Waals surface area contributed by atoms with Crippen LogP contribution in [0.1, 0.15) is 68.9 Å². The lowest BCUT2D eigenvalue weighted by Crippen LogP contribution is -2.25. The third kappa shape index (κ3) is 5.07. The van der Waals surface area contributed by atoms with Crippen molar-refractivity contribution in [1.29, 1.82) is 0 Å². The van der Waals surface area contributed by atoms with E-state index >= 15 is 0 Å². The van der Waals surface area contributed by atoms with Crippen LogP contribution in [0.3, 0.4) is 0 Å². The van der Waals surface area contributed by atoms with Crippen molar-refractivity contribution in [3.63, 3.8) is 0 Å². The van der Waals surface area contributed by atoms with E-state index in [0.717, 1.165) is 41.5 Å². The minimum atomic E-state index is -0.444. The maximum Gasteiger partial charge on any atom is 0.330 e. The molecule has 0 spiro atoms. The van der Waals surface area contributed by atoms with E-state index in [9.17, 15) is 9.59 Å². The van der Waals surface area contributed by atoms with Crippen LogP contribution in [-0.2, 0) is 19.1 Å². The van der Waals surface area contributed by atoms with Gasteiger partial charge in [-0.05, 0) is 43.9 Å². The minimum absolute atomic E-state index is 0.277. The van der Waals surface area contributed by atoms with Crippen molar-refractivity contribution >= 4 is 22.7 Å². The second-order valence-corrected chi connectivity index (χ2v) is 9.20. The summed E-state index contributed by atoms with van der Waals surface area (Å²) in [6, 6.07) is 8.09. The highest BCUT2D eigenvalue weighted by atomic mass is 16.6. The molecular formula is C29H34O6. The maximum atomic E-state index is 11.7. The highest BCUT2D eigenvalue weighted by Crippen LogP contribution is 2.61. The van der Waals surface area contributed by atoms with Crippen molar-refractivity contribution in [3.8, 4) is 11.5 Å². The summed E-state index contributed by atoms with van der Waals surface area (Å²) >= 11 is 0. The quantitative estimate of drug-likeness (QED) is 0.276. The molecule has 0 radical (unpaired) electrons. The van der Waals surface area contributed by atoms with Crippen molar-refractivity contribution in [1.82, 2.24) is 0 Å². The fourth-order valence-electron chi connectivity index (χ4n) is 5.29. The summed E-state index contributed by atoms with van der Waals surface area (Å²) in [5, 5.41) is 1.96.